The number of aliphatic carboxylic acids is 1. The third kappa shape index (κ3) is 3.16. The van der Waals surface area contributed by atoms with Crippen LogP contribution < -0.4 is 5.32 Å². The molecule has 0 aromatic heterocycles. The Balaban J connectivity index is 1.79. The van der Waals surface area contributed by atoms with E-state index in [-0.39, 0.29) is 23.5 Å². The van der Waals surface area contributed by atoms with Gasteiger partial charge in [-0.2, -0.15) is 0 Å². The number of carboxylic acid groups (broad SMARTS) is 1. The lowest BCUT2D eigenvalue weighted by Crippen LogP contribution is -2.44. The summed E-state index contributed by atoms with van der Waals surface area (Å²) in [6.45, 7) is 1.28. The van der Waals surface area contributed by atoms with Crippen LogP contribution in [0.5, 0.6) is 0 Å². The summed E-state index contributed by atoms with van der Waals surface area (Å²) >= 11 is 1.13. The Morgan fingerprint density at radius 2 is 2.28 bits per heavy atom. The van der Waals surface area contributed by atoms with Crippen molar-refractivity contribution < 1.29 is 19.5 Å². The standard InChI is InChI=1S/C11H16N2O4S/c14-9(15)2-1-7-3-4-13(5-7)10(16)8-6-18-11(17)12-8/h7-8H,1-6H2,(H,12,17)(H,14,15). The zero-order chi connectivity index (χ0) is 13.1. The minimum atomic E-state index is -0.792. The summed E-state index contributed by atoms with van der Waals surface area (Å²) in [5.41, 5.74) is 0. The highest BCUT2D eigenvalue weighted by Crippen LogP contribution is 2.23. The molecule has 0 bridgehead atoms. The third-order valence-corrected chi connectivity index (χ3v) is 4.22. The molecule has 2 aliphatic rings. The van der Waals surface area contributed by atoms with Crippen LogP contribution in [0.4, 0.5) is 4.79 Å². The van der Waals surface area contributed by atoms with E-state index in [0.29, 0.717) is 25.3 Å². The number of nitrogens with one attached hydrogen (secondary N) is 1. The summed E-state index contributed by atoms with van der Waals surface area (Å²) in [5.74, 6) is -0.0613. The lowest BCUT2D eigenvalue weighted by atomic mass is 10.0. The zero-order valence-corrected chi connectivity index (χ0v) is 10.7. The molecule has 2 N–H and O–H groups in total. The topological polar surface area (TPSA) is 86.7 Å². The Kier molecular flexibility index (Phi) is 4.11. The predicted molar refractivity (Wildman–Crippen MR) is 66.3 cm³/mol. The highest BCUT2D eigenvalue weighted by molar-refractivity contribution is 8.14. The van der Waals surface area contributed by atoms with Gasteiger partial charge in [0.1, 0.15) is 6.04 Å². The van der Waals surface area contributed by atoms with E-state index in [1.165, 1.54) is 0 Å². The normalized spacial score (nSPS) is 27.3. The number of hydrogen-bond donors (Lipinski definition) is 2. The number of carbonyl (C=O) groups excluding carboxylic acids is 2. The van der Waals surface area contributed by atoms with Gasteiger partial charge in [-0.3, -0.25) is 14.4 Å². The van der Waals surface area contributed by atoms with Crippen molar-refractivity contribution in [1.29, 1.82) is 0 Å². The highest BCUT2D eigenvalue weighted by Gasteiger charge is 2.34. The van der Waals surface area contributed by atoms with Crippen LogP contribution >= 0.6 is 11.8 Å². The first-order valence-electron chi connectivity index (χ1n) is 6.00. The van der Waals surface area contributed by atoms with Crippen LogP contribution in [0.2, 0.25) is 0 Å². The molecule has 2 heterocycles. The van der Waals surface area contributed by atoms with Crippen molar-refractivity contribution >= 4 is 28.9 Å². The molecule has 2 rings (SSSR count). The minimum absolute atomic E-state index is 0.0359. The van der Waals surface area contributed by atoms with E-state index in [9.17, 15) is 14.4 Å². The molecular formula is C11H16N2O4S. The lowest BCUT2D eigenvalue weighted by Gasteiger charge is -2.20. The van der Waals surface area contributed by atoms with E-state index in [2.05, 4.69) is 5.32 Å². The number of hydrogen-bond acceptors (Lipinski definition) is 4. The van der Waals surface area contributed by atoms with E-state index in [4.69, 9.17) is 5.11 Å². The van der Waals surface area contributed by atoms with Crippen molar-refractivity contribution in [2.45, 2.75) is 25.3 Å². The molecule has 0 aliphatic carbocycles. The molecule has 0 spiro atoms. The van der Waals surface area contributed by atoms with Crippen molar-refractivity contribution in [2.75, 3.05) is 18.8 Å². The molecule has 0 aromatic rings. The molecule has 2 fully saturated rings. The Bertz CT molecular complexity index is 374. The van der Waals surface area contributed by atoms with E-state index < -0.39 is 12.0 Å². The first kappa shape index (κ1) is 13.2. The number of carboxylic acids is 1. The smallest absolute Gasteiger partial charge is 0.303 e. The maximum atomic E-state index is 12.1. The number of likely N-dealkylation sites (tertiary alicyclic amines) is 1. The summed E-state index contributed by atoms with van der Waals surface area (Å²) in [6.07, 6.45) is 1.63. The van der Waals surface area contributed by atoms with E-state index in [1.807, 2.05) is 0 Å². The fourth-order valence-electron chi connectivity index (χ4n) is 2.33. The van der Waals surface area contributed by atoms with Crippen LogP contribution in [0, 0.1) is 5.92 Å². The van der Waals surface area contributed by atoms with Crippen molar-refractivity contribution in [3.05, 3.63) is 0 Å². The van der Waals surface area contributed by atoms with Crippen LogP contribution in [-0.4, -0.2) is 52.0 Å². The molecule has 18 heavy (non-hydrogen) atoms. The average molecular weight is 272 g/mol. The van der Waals surface area contributed by atoms with Gasteiger partial charge in [0.25, 0.3) is 5.24 Å². The fraction of sp³-hybridized carbons (Fsp3) is 0.727. The summed E-state index contributed by atoms with van der Waals surface area (Å²) in [5, 5.41) is 11.1. The van der Waals surface area contributed by atoms with Gasteiger partial charge >= 0.3 is 5.97 Å². The highest BCUT2D eigenvalue weighted by atomic mass is 32.2. The van der Waals surface area contributed by atoms with Crippen LogP contribution in [0.1, 0.15) is 19.3 Å². The predicted octanol–water partition coefficient (Wildman–Crippen LogP) is 0.525. The van der Waals surface area contributed by atoms with Crippen molar-refractivity contribution in [3.63, 3.8) is 0 Å². The van der Waals surface area contributed by atoms with Gasteiger partial charge < -0.3 is 15.3 Å². The average Bonchev–Trinajstić information content (AvgIpc) is 2.94. The van der Waals surface area contributed by atoms with Crippen molar-refractivity contribution in [1.82, 2.24) is 10.2 Å². The van der Waals surface area contributed by atoms with E-state index in [0.717, 1.165) is 18.2 Å². The molecular weight excluding hydrogens is 256 g/mol. The van der Waals surface area contributed by atoms with Crippen molar-refractivity contribution in [2.24, 2.45) is 5.92 Å². The van der Waals surface area contributed by atoms with Gasteiger partial charge in [-0.15, -0.1) is 0 Å². The van der Waals surface area contributed by atoms with Gasteiger partial charge in [0, 0.05) is 25.3 Å². The SMILES string of the molecule is O=C(O)CCC1CCN(C(=O)C2CSC(=O)N2)C1. The Labute approximate surface area is 109 Å². The minimum Gasteiger partial charge on any atom is -0.481 e. The quantitative estimate of drug-likeness (QED) is 0.779. The number of rotatable bonds is 4. The van der Waals surface area contributed by atoms with Gasteiger partial charge in [0.2, 0.25) is 5.91 Å². The summed E-state index contributed by atoms with van der Waals surface area (Å²) < 4.78 is 0. The van der Waals surface area contributed by atoms with E-state index in [1.54, 1.807) is 4.90 Å². The molecule has 2 unspecified atom stereocenters. The lowest BCUT2D eigenvalue weighted by molar-refractivity contribution is -0.137. The monoisotopic (exact) mass is 272 g/mol. The third-order valence-electron chi connectivity index (χ3n) is 3.34. The first-order valence-corrected chi connectivity index (χ1v) is 6.98. The zero-order valence-electron chi connectivity index (χ0n) is 9.92. The Morgan fingerprint density at radius 3 is 2.89 bits per heavy atom. The van der Waals surface area contributed by atoms with Crippen LogP contribution in [0.15, 0.2) is 0 Å². The van der Waals surface area contributed by atoms with Crippen molar-refractivity contribution in [3.8, 4) is 0 Å². The number of carbonyl (C=O) groups is 3. The molecule has 6 nitrogen and oxygen atoms in total. The Morgan fingerprint density at radius 1 is 1.50 bits per heavy atom. The largest absolute Gasteiger partial charge is 0.481 e. The summed E-state index contributed by atoms with van der Waals surface area (Å²) in [4.78, 5) is 35.3. The second kappa shape index (κ2) is 5.60. The first-order chi connectivity index (χ1) is 8.56. The van der Waals surface area contributed by atoms with Gasteiger partial charge in [-0.25, -0.2) is 0 Å². The molecule has 2 atom stereocenters. The van der Waals surface area contributed by atoms with Gasteiger partial charge in [0.05, 0.1) is 0 Å². The second-order valence-corrected chi connectivity index (χ2v) is 5.66. The number of thioether (sulfide) groups is 1. The maximum absolute atomic E-state index is 12.1. The maximum Gasteiger partial charge on any atom is 0.303 e. The molecule has 2 saturated heterocycles. The molecule has 7 heteroatoms. The van der Waals surface area contributed by atoms with Crippen LogP contribution in [0.3, 0.4) is 0 Å². The molecule has 2 aliphatic heterocycles. The number of amides is 2. The fourth-order valence-corrected chi connectivity index (χ4v) is 3.10. The van der Waals surface area contributed by atoms with Gasteiger partial charge in [-0.05, 0) is 18.8 Å². The number of nitrogens with zero attached hydrogens (tertiary/aromatic N) is 1. The van der Waals surface area contributed by atoms with Gasteiger partial charge in [-0.1, -0.05) is 11.8 Å². The summed E-state index contributed by atoms with van der Waals surface area (Å²) in [7, 11) is 0. The van der Waals surface area contributed by atoms with Crippen LogP contribution in [0.25, 0.3) is 0 Å². The van der Waals surface area contributed by atoms with Gasteiger partial charge in [0.15, 0.2) is 0 Å². The molecule has 0 saturated carbocycles. The second-order valence-electron chi connectivity index (χ2n) is 4.67. The molecule has 0 aromatic carbocycles. The molecule has 100 valence electrons. The molecule has 2 amide bonds. The summed E-state index contributed by atoms with van der Waals surface area (Å²) in [6, 6.07) is -0.402. The van der Waals surface area contributed by atoms with Crippen LogP contribution in [-0.2, 0) is 9.59 Å². The molecule has 0 radical (unpaired) electrons. The Hall–Kier alpha value is -1.24. The van der Waals surface area contributed by atoms with E-state index >= 15 is 0 Å².